The number of hydrogen-bond donors (Lipinski definition) is 1. The number of rotatable bonds is 8. The van der Waals surface area contributed by atoms with Crippen molar-refractivity contribution in [3.8, 4) is 0 Å². The highest BCUT2D eigenvalue weighted by atomic mass is 79.9. The summed E-state index contributed by atoms with van der Waals surface area (Å²) in [4.78, 5) is 11.9. The molecule has 0 aliphatic rings. The van der Waals surface area contributed by atoms with Crippen LogP contribution < -0.4 is 9.62 Å². The van der Waals surface area contributed by atoms with Crippen LogP contribution in [-0.2, 0) is 19.6 Å². The third kappa shape index (κ3) is 5.94. The van der Waals surface area contributed by atoms with Gasteiger partial charge in [0.25, 0.3) is 0 Å². The molecule has 0 saturated carbocycles. The SMILES string of the molecule is COCCCNC(=O)CN(c1ccc(C)cc1Br)S(C)(=O)=O. The Kier molecular flexibility index (Phi) is 7.31. The van der Waals surface area contributed by atoms with E-state index in [2.05, 4.69) is 21.2 Å². The highest BCUT2D eigenvalue weighted by molar-refractivity contribution is 9.10. The quantitative estimate of drug-likeness (QED) is 0.682. The summed E-state index contributed by atoms with van der Waals surface area (Å²) in [7, 11) is -1.98. The van der Waals surface area contributed by atoms with Crippen molar-refractivity contribution < 1.29 is 17.9 Å². The van der Waals surface area contributed by atoms with E-state index in [1.807, 2.05) is 13.0 Å². The summed E-state index contributed by atoms with van der Waals surface area (Å²) >= 11 is 3.35. The molecule has 1 N–H and O–H groups in total. The number of carbonyl (C=O) groups is 1. The van der Waals surface area contributed by atoms with E-state index in [9.17, 15) is 13.2 Å². The van der Waals surface area contributed by atoms with E-state index < -0.39 is 10.0 Å². The van der Waals surface area contributed by atoms with Crippen molar-refractivity contribution in [2.24, 2.45) is 0 Å². The molecule has 1 amide bonds. The fourth-order valence-electron chi connectivity index (χ4n) is 1.83. The van der Waals surface area contributed by atoms with Gasteiger partial charge in [0.15, 0.2) is 0 Å². The molecule has 0 aliphatic heterocycles. The van der Waals surface area contributed by atoms with Crippen LogP contribution in [0.5, 0.6) is 0 Å². The maximum Gasteiger partial charge on any atom is 0.240 e. The molecule has 0 spiro atoms. The average Bonchev–Trinajstić information content (AvgIpc) is 2.41. The second-order valence-corrected chi connectivity index (χ2v) is 7.68. The molecule has 1 aromatic carbocycles. The number of nitrogens with zero attached hydrogens (tertiary/aromatic N) is 1. The number of benzene rings is 1. The van der Waals surface area contributed by atoms with Crippen molar-refractivity contribution in [1.82, 2.24) is 5.32 Å². The molecule has 8 heteroatoms. The fourth-order valence-corrected chi connectivity index (χ4v) is 3.52. The zero-order valence-electron chi connectivity index (χ0n) is 12.9. The van der Waals surface area contributed by atoms with Crippen LogP contribution in [0.25, 0.3) is 0 Å². The van der Waals surface area contributed by atoms with Crippen LogP contribution in [-0.4, -0.2) is 47.4 Å². The molecule has 1 aromatic rings. The van der Waals surface area contributed by atoms with Crippen molar-refractivity contribution in [3.05, 3.63) is 28.2 Å². The number of carbonyl (C=O) groups excluding carboxylic acids is 1. The molecule has 0 fully saturated rings. The Labute approximate surface area is 140 Å². The van der Waals surface area contributed by atoms with Gasteiger partial charge in [0.1, 0.15) is 6.54 Å². The number of hydrogen-bond acceptors (Lipinski definition) is 4. The van der Waals surface area contributed by atoms with E-state index in [4.69, 9.17) is 4.74 Å². The molecule has 0 unspecified atom stereocenters. The Morgan fingerprint density at radius 3 is 2.64 bits per heavy atom. The summed E-state index contributed by atoms with van der Waals surface area (Å²) < 4.78 is 30.6. The zero-order chi connectivity index (χ0) is 16.8. The Bertz CT molecular complexity index is 619. The minimum absolute atomic E-state index is 0.256. The maximum absolute atomic E-state index is 12.0. The third-order valence-electron chi connectivity index (χ3n) is 2.91. The molecule has 6 nitrogen and oxygen atoms in total. The normalized spacial score (nSPS) is 11.3. The first-order chi connectivity index (χ1) is 10.3. The zero-order valence-corrected chi connectivity index (χ0v) is 15.3. The smallest absolute Gasteiger partial charge is 0.240 e. The van der Waals surface area contributed by atoms with Crippen LogP contribution in [0.3, 0.4) is 0 Å². The second kappa shape index (κ2) is 8.50. The van der Waals surface area contributed by atoms with Crippen molar-refractivity contribution in [3.63, 3.8) is 0 Å². The lowest BCUT2D eigenvalue weighted by atomic mass is 10.2. The number of aryl methyl sites for hydroxylation is 1. The number of anilines is 1. The number of ether oxygens (including phenoxy) is 1. The summed E-state index contributed by atoms with van der Waals surface area (Å²) in [5, 5.41) is 2.68. The molecule has 1 rings (SSSR count). The molecule has 0 saturated heterocycles. The molecule has 0 aromatic heterocycles. The van der Waals surface area contributed by atoms with Gasteiger partial charge in [-0.2, -0.15) is 0 Å². The molecule has 0 radical (unpaired) electrons. The highest BCUT2D eigenvalue weighted by Gasteiger charge is 2.22. The second-order valence-electron chi connectivity index (χ2n) is 4.92. The lowest BCUT2D eigenvalue weighted by Gasteiger charge is -2.23. The predicted molar refractivity (Wildman–Crippen MR) is 90.6 cm³/mol. The van der Waals surface area contributed by atoms with Gasteiger partial charge in [0.2, 0.25) is 15.9 Å². The lowest BCUT2D eigenvalue weighted by molar-refractivity contribution is -0.119. The number of amides is 1. The van der Waals surface area contributed by atoms with Crippen LogP contribution in [0.4, 0.5) is 5.69 Å². The Morgan fingerprint density at radius 1 is 1.41 bits per heavy atom. The number of halogens is 1. The number of sulfonamides is 1. The van der Waals surface area contributed by atoms with Crippen LogP contribution in [0.15, 0.2) is 22.7 Å². The van der Waals surface area contributed by atoms with Gasteiger partial charge in [-0.15, -0.1) is 0 Å². The largest absolute Gasteiger partial charge is 0.385 e. The van der Waals surface area contributed by atoms with Gasteiger partial charge in [-0.25, -0.2) is 8.42 Å². The summed E-state index contributed by atoms with van der Waals surface area (Å²) in [5.41, 5.74) is 1.44. The molecular weight excluding hydrogens is 372 g/mol. The van der Waals surface area contributed by atoms with Crippen LogP contribution >= 0.6 is 15.9 Å². The van der Waals surface area contributed by atoms with E-state index in [1.54, 1.807) is 19.2 Å². The average molecular weight is 393 g/mol. The first-order valence-electron chi connectivity index (χ1n) is 6.75. The Balaban J connectivity index is 2.85. The summed E-state index contributed by atoms with van der Waals surface area (Å²) in [6, 6.07) is 5.29. The fraction of sp³-hybridized carbons (Fsp3) is 0.500. The van der Waals surface area contributed by atoms with Crippen molar-refractivity contribution in [2.75, 3.05) is 37.4 Å². The highest BCUT2D eigenvalue weighted by Crippen LogP contribution is 2.28. The van der Waals surface area contributed by atoms with Crippen molar-refractivity contribution in [1.29, 1.82) is 0 Å². The molecule has 22 heavy (non-hydrogen) atoms. The van der Waals surface area contributed by atoms with Crippen LogP contribution in [0, 0.1) is 6.92 Å². The molecule has 0 heterocycles. The molecule has 124 valence electrons. The molecule has 0 atom stereocenters. The van der Waals surface area contributed by atoms with Gasteiger partial charge in [-0.3, -0.25) is 9.10 Å². The summed E-state index contributed by atoms with van der Waals surface area (Å²) in [5.74, 6) is -0.353. The van der Waals surface area contributed by atoms with Crippen LogP contribution in [0.2, 0.25) is 0 Å². The van der Waals surface area contributed by atoms with Gasteiger partial charge >= 0.3 is 0 Å². The van der Waals surface area contributed by atoms with E-state index >= 15 is 0 Å². The third-order valence-corrected chi connectivity index (χ3v) is 4.67. The summed E-state index contributed by atoms with van der Waals surface area (Å²) in [6.07, 6.45) is 1.76. The predicted octanol–water partition coefficient (Wildman–Crippen LogP) is 1.68. The van der Waals surface area contributed by atoms with Gasteiger partial charge < -0.3 is 10.1 Å². The minimum Gasteiger partial charge on any atom is -0.385 e. The monoisotopic (exact) mass is 392 g/mol. The standard InChI is InChI=1S/C14H21BrN2O4S/c1-11-5-6-13(12(15)9-11)17(22(3,19)20)10-14(18)16-7-4-8-21-2/h5-6,9H,4,7-8,10H2,1-3H3,(H,16,18). The topological polar surface area (TPSA) is 75.7 Å². The van der Waals surface area contributed by atoms with Gasteiger partial charge in [-0.1, -0.05) is 6.07 Å². The van der Waals surface area contributed by atoms with Crippen molar-refractivity contribution in [2.45, 2.75) is 13.3 Å². The Hall–Kier alpha value is -1.12. The first-order valence-corrected chi connectivity index (χ1v) is 9.39. The molecular formula is C14H21BrN2O4S. The Morgan fingerprint density at radius 2 is 2.09 bits per heavy atom. The van der Waals surface area contributed by atoms with Gasteiger partial charge in [-0.05, 0) is 47.0 Å². The minimum atomic E-state index is -3.57. The van der Waals surface area contributed by atoms with Gasteiger partial charge in [0, 0.05) is 24.7 Å². The van der Waals surface area contributed by atoms with E-state index in [0.29, 0.717) is 29.7 Å². The molecule has 0 aliphatic carbocycles. The molecule has 0 bridgehead atoms. The van der Waals surface area contributed by atoms with E-state index in [0.717, 1.165) is 16.1 Å². The van der Waals surface area contributed by atoms with E-state index in [1.165, 1.54) is 0 Å². The summed E-state index contributed by atoms with van der Waals surface area (Å²) in [6.45, 7) is 2.63. The lowest BCUT2D eigenvalue weighted by Crippen LogP contribution is -2.41. The number of methoxy groups -OCH3 is 1. The number of nitrogens with one attached hydrogen (secondary N) is 1. The first kappa shape index (κ1) is 18.9. The van der Waals surface area contributed by atoms with E-state index in [-0.39, 0.29) is 12.5 Å². The van der Waals surface area contributed by atoms with Crippen molar-refractivity contribution >= 4 is 37.5 Å². The maximum atomic E-state index is 12.0. The van der Waals surface area contributed by atoms with Crippen LogP contribution in [0.1, 0.15) is 12.0 Å². The van der Waals surface area contributed by atoms with Gasteiger partial charge in [0.05, 0.1) is 11.9 Å².